The molecule has 2 heterocycles. The zero-order valence-corrected chi connectivity index (χ0v) is 18.3. The molecule has 2 aliphatic rings. The van der Waals surface area contributed by atoms with Gasteiger partial charge in [0.1, 0.15) is 5.82 Å². The van der Waals surface area contributed by atoms with E-state index < -0.39 is 16.1 Å². The highest BCUT2D eigenvalue weighted by atomic mass is 32.2. The Labute approximate surface area is 172 Å². The van der Waals surface area contributed by atoms with Crippen molar-refractivity contribution in [2.75, 3.05) is 13.2 Å². The summed E-state index contributed by atoms with van der Waals surface area (Å²) in [5.41, 5.74) is 3.15. The Balaban J connectivity index is 1.80. The van der Waals surface area contributed by atoms with Crippen LogP contribution in [0.5, 0.6) is 0 Å². The van der Waals surface area contributed by atoms with Gasteiger partial charge in [-0.15, -0.1) is 0 Å². The average Bonchev–Trinajstić information content (AvgIpc) is 3.24. The SMILES string of the molecule is CC(NS(=O)(=O)C1CC1)c1cn(CC(C)(C)C)c2cc(C3=CCOC3)c(F)cc12. The number of sulfonamides is 1. The molecule has 0 spiro atoms. The van der Waals surface area contributed by atoms with Gasteiger partial charge in [-0.2, -0.15) is 0 Å². The van der Waals surface area contributed by atoms with E-state index in [2.05, 4.69) is 30.1 Å². The minimum atomic E-state index is -3.34. The van der Waals surface area contributed by atoms with E-state index in [4.69, 9.17) is 4.74 Å². The first-order valence-corrected chi connectivity index (χ1v) is 11.7. The molecule has 1 aliphatic carbocycles. The smallest absolute Gasteiger partial charge is 0.215 e. The summed E-state index contributed by atoms with van der Waals surface area (Å²) in [5, 5.41) is 0.464. The molecule has 1 fully saturated rings. The number of hydrogen-bond acceptors (Lipinski definition) is 3. The second-order valence-corrected chi connectivity index (χ2v) is 11.4. The van der Waals surface area contributed by atoms with Gasteiger partial charge in [0.15, 0.2) is 0 Å². The van der Waals surface area contributed by atoms with Crippen molar-refractivity contribution in [3.63, 3.8) is 0 Å². The molecular weight excluding hydrogens is 391 g/mol. The molecule has 0 amide bonds. The van der Waals surface area contributed by atoms with Crippen LogP contribution in [0.25, 0.3) is 16.5 Å². The van der Waals surface area contributed by atoms with E-state index in [-0.39, 0.29) is 16.5 Å². The Morgan fingerprint density at radius 3 is 2.62 bits per heavy atom. The zero-order valence-electron chi connectivity index (χ0n) is 17.5. The first-order chi connectivity index (χ1) is 13.5. The number of nitrogens with zero attached hydrogens (tertiary/aromatic N) is 1. The van der Waals surface area contributed by atoms with Crippen LogP contribution in [0.15, 0.2) is 24.4 Å². The molecule has 1 saturated carbocycles. The van der Waals surface area contributed by atoms with Crippen molar-refractivity contribution in [3.05, 3.63) is 41.3 Å². The van der Waals surface area contributed by atoms with Gasteiger partial charge in [0.25, 0.3) is 0 Å². The van der Waals surface area contributed by atoms with Crippen LogP contribution < -0.4 is 4.72 Å². The second kappa shape index (κ2) is 7.22. The fourth-order valence-electron chi connectivity index (χ4n) is 3.93. The Bertz CT molecular complexity index is 1080. The summed E-state index contributed by atoms with van der Waals surface area (Å²) in [6.07, 6.45) is 5.30. The fourth-order valence-corrected chi connectivity index (χ4v) is 5.50. The number of rotatable bonds is 6. The van der Waals surface area contributed by atoms with Crippen molar-refractivity contribution in [1.29, 1.82) is 0 Å². The van der Waals surface area contributed by atoms with Crippen LogP contribution in [0.1, 0.15) is 57.7 Å². The molecule has 4 rings (SSSR count). The van der Waals surface area contributed by atoms with E-state index in [0.717, 1.165) is 28.6 Å². The monoisotopic (exact) mass is 420 g/mol. The molecule has 1 unspecified atom stereocenters. The highest BCUT2D eigenvalue weighted by Gasteiger charge is 2.37. The molecule has 158 valence electrons. The van der Waals surface area contributed by atoms with Crippen molar-refractivity contribution in [1.82, 2.24) is 9.29 Å². The van der Waals surface area contributed by atoms with Gasteiger partial charge in [0.2, 0.25) is 10.0 Å². The minimum absolute atomic E-state index is 0.0181. The number of ether oxygens (including phenoxy) is 1. The Kier molecular flexibility index (Phi) is 5.12. The molecule has 29 heavy (non-hydrogen) atoms. The molecule has 1 aliphatic heterocycles. The third-order valence-corrected chi connectivity index (χ3v) is 7.50. The lowest BCUT2D eigenvalue weighted by Crippen LogP contribution is -2.29. The van der Waals surface area contributed by atoms with Gasteiger partial charge in [-0.05, 0) is 48.4 Å². The van der Waals surface area contributed by atoms with Gasteiger partial charge in [-0.1, -0.05) is 26.8 Å². The third-order valence-electron chi connectivity index (χ3n) is 5.47. The lowest BCUT2D eigenvalue weighted by Gasteiger charge is -2.20. The lowest BCUT2D eigenvalue weighted by molar-refractivity contribution is 0.216. The summed E-state index contributed by atoms with van der Waals surface area (Å²) in [6, 6.07) is 2.99. The van der Waals surface area contributed by atoms with E-state index in [1.807, 2.05) is 25.3 Å². The number of aromatic nitrogens is 1. The largest absolute Gasteiger partial charge is 0.373 e. The van der Waals surface area contributed by atoms with Crippen molar-refractivity contribution >= 4 is 26.5 Å². The van der Waals surface area contributed by atoms with E-state index in [1.54, 1.807) is 6.07 Å². The maximum absolute atomic E-state index is 15.0. The summed E-state index contributed by atoms with van der Waals surface area (Å²) < 4.78 is 50.1. The fraction of sp³-hybridized carbons (Fsp3) is 0.545. The van der Waals surface area contributed by atoms with Crippen LogP contribution in [0.3, 0.4) is 0 Å². The van der Waals surface area contributed by atoms with E-state index in [1.165, 1.54) is 0 Å². The first kappa shape index (κ1) is 20.6. The second-order valence-electron chi connectivity index (χ2n) is 9.45. The van der Waals surface area contributed by atoms with Gasteiger partial charge in [-0.3, -0.25) is 0 Å². The van der Waals surface area contributed by atoms with Gasteiger partial charge < -0.3 is 9.30 Å². The van der Waals surface area contributed by atoms with E-state index >= 15 is 0 Å². The first-order valence-electron chi connectivity index (χ1n) is 10.2. The van der Waals surface area contributed by atoms with Gasteiger partial charge >= 0.3 is 0 Å². The van der Waals surface area contributed by atoms with E-state index in [0.29, 0.717) is 31.6 Å². The quantitative estimate of drug-likeness (QED) is 0.754. The Morgan fingerprint density at radius 2 is 2.03 bits per heavy atom. The average molecular weight is 421 g/mol. The van der Waals surface area contributed by atoms with Crippen LogP contribution in [0.4, 0.5) is 4.39 Å². The van der Waals surface area contributed by atoms with E-state index in [9.17, 15) is 12.8 Å². The highest BCUT2D eigenvalue weighted by Crippen LogP contribution is 2.35. The summed E-state index contributed by atoms with van der Waals surface area (Å²) in [6.45, 7) is 9.93. The Morgan fingerprint density at radius 1 is 1.31 bits per heavy atom. The maximum atomic E-state index is 15.0. The van der Waals surface area contributed by atoms with Crippen LogP contribution in [-0.2, 0) is 21.3 Å². The number of benzene rings is 1. The lowest BCUT2D eigenvalue weighted by atomic mass is 9.96. The standard InChI is InChI=1S/C22H29FN2O3S/c1-14(24-29(26,27)16-5-6-16)19-11-25(13-22(2,3)4)21-10-17(15-7-8-28-12-15)20(23)9-18(19)21/h7,9-11,14,16,24H,5-6,8,12-13H2,1-4H3. The van der Waals surface area contributed by atoms with Crippen LogP contribution >= 0.6 is 0 Å². The molecule has 1 aromatic carbocycles. The summed E-state index contributed by atoms with van der Waals surface area (Å²) in [4.78, 5) is 0. The predicted molar refractivity (Wildman–Crippen MR) is 114 cm³/mol. The molecule has 1 atom stereocenters. The summed E-state index contributed by atoms with van der Waals surface area (Å²) in [7, 11) is -3.34. The van der Waals surface area contributed by atoms with Crippen LogP contribution in [0.2, 0.25) is 0 Å². The molecule has 0 bridgehead atoms. The normalized spacial score (nSPS) is 19.0. The molecule has 1 aromatic heterocycles. The van der Waals surface area contributed by atoms with Gasteiger partial charge in [0, 0.05) is 35.2 Å². The molecule has 0 radical (unpaired) electrons. The van der Waals surface area contributed by atoms with Crippen molar-refractivity contribution in [2.45, 2.75) is 58.4 Å². The van der Waals surface area contributed by atoms with Crippen molar-refractivity contribution in [3.8, 4) is 0 Å². The molecule has 2 aromatic rings. The molecule has 0 saturated heterocycles. The van der Waals surface area contributed by atoms with Crippen LogP contribution in [0, 0.1) is 11.2 Å². The molecule has 5 nitrogen and oxygen atoms in total. The van der Waals surface area contributed by atoms with Crippen molar-refractivity contribution < 1.29 is 17.5 Å². The predicted octanol–water partition coefficient (Wildman–Crippen LogP) is 4.38. The number of hydrogen-bond donors (Lipinski definition) is 1. The Hall–Kier alpha value is -1.70. The summed E-state index contributed by atoms with van der Waals surface area (Å²) >= 11 is 0. The molecule has 7 heteroatoms. The number of nitrogens with one attached hydrogen (secondary N) is 1. The zero-order chi connectivity index (χ0) is 21.0. The molecular formula is C22H29FN2O3S. The maximum Gasteiger partial charge on any atom is 0.215 e. The third kappa shape index (κ3) is 4.27. The topological polar surface area (TPSA) is 60.3 Å². The number of halogens is 1. The van der Waals surface area contributed by atoms with Crippen molar-refractivity contribution in [2.24, 2.45) is 5.41 Å². The molecule has 1 N–H and O–H groups in total. The van der Waals surface area contributed by atoms with Gasteiger partial charge in [0.05, 0.1) is 18.5 Å². The van der Waals surface area contributed by atoms with Crippen LogP contribution in [-0.4, -0.2) is 31.4 Å². The number of fused-ring (bicyclic) bond motifs is 1. The highest BCUT2D eigenvalue weighted by molar-refractivity contribution is 7.90. The van der Waals surface area contributed by atoms with Gasteiger partial charge in [-0.25, -0.2) is 17.5 Å². The summed E-state index contributed by atoms with van der Waals surface area (Å²) in [5.74, 6) is -0.304. The minimum Gasteiger partial charge on any atom is -0.373 e.